The van der Waals surface area contributed by atoms with E-state index in [-0.39, 0.29) is 18.1 Å². The Morgan fingerprint density at radius 3 is 2.68 bits per heavy atom. The van der Waals surface area contributed by atoms with Gasteiger partial charge < -0.3 is 14.6 Å². The first-order chi connectivity index (χ1) is 12.0. The number of benzene rings is 2. The average Bonchev–Trinajstić information content (AvgIpc) is 2.96. The maximum atomic E-state index is 13.6. The van der Waals surface area contributed by atoms with E-state index in [0.29, 0.717) is 17.0 Å². The Morgan fingerprint density at radius 2 is 1.96 bits per heavy atom. The first-order valence-corrected chi connectivity index (χ1v) is 7.44. The van der Waals surface area contributed by atoms with E-state index in [9.17, 15) is 13.6 Å². The van der Waals surface area contributed by atoms with Gasteiger partial charge in [0.2, 0.25) is 0 Å². The Labute approximate surface area is 142 Å². The van der Waals surface area contributed by atoms with Crippen molar-refractivity contribution in [1.29, 1.82) is 0 Å². The second kappa shape index (κ2) is 7.12. The van der Waals surface area contributed by atoms with Crippen molar-refractivity contribution in [3.63, 3.8) is 0 Å². The summed E-state index contributed by atoms with van der Waals surface area (Å²) in [6, 6.07) is 11.8. The van der Waals surface area contributed by atoms with E-state index in [0.717, 1.165) is 12.1 Å². The molecule has 0 fully saturated rings. The minimum Gasteiger partial charge on any atom is -0.486 e. The van der Waals surface area contributed by atoms with Gasteiger partial charge in [-0.3, -0.25) is 4.79 Å². The van der Waals surface area contributed by atoms with Crippen LogP contribution in [0.4, 0.5) is 14.5 Å². The number of aromatic nitrogens is 1. The van der Waals surface area contributed by atoms with Crippen molar-refractivity contribution >= 4 is 11.6 Å². The van der Waals surface area contributed by atoms with Gasteiger partial charge in [0.25, 0.3) is 5.91 Å². The largest absolute Gasteiger partial charge is 0.486 e. The number of carbonyl (C=O) groups excluding carboxylic acids is 1. The van der Waals surface area contributed by atoms with Crippen LogP contribution in [0.1, 0.15) is 21.8 Å². The third-order valence-electron chi connectivity index (χ3n) is 3.50. The molecule has 0 aliphatic carbocycles. The number of ether oxygens (including phenoxy) is 1. The molecule has 128 valence electrons. The fourth-order valence-corrected chi connectivity index (χ4v) is 2.19. The summed E-state index contributed by atoms with van der Waals surface area (Å²) < 4.78 is 37.0. The molecular weight excluding hydrogens is 330 g/mol. The Bertz CT molecular complexity index is 895. The molecule has 0 radical (unpaired) electrons. The monoisotopic (exact) mass is 344 g/mol. The molecule has 1 heterocycles. The van der Waals surface area contributed by atoms with Crippen LogP contribution >= 0.6 is 0 Å². The van der Waals surface area contributed by atoms with Gasteiger partial charge in [-0.25, -0.2) is 8.78 Å². The van der Waals surface area contributed by atoms with Gasteiger partial charge in [0.05, 0.1) is 5.56 Å². The highest BCUT2D eigenvalue weighted by Crippen LogP contribution is 2.22. The van der Waals surface area contributed by atoms with Crippen molar-refractivity contribution in [3.05, 3.63) is 77.2 Å². The molecule has 7 heteroatoms. The molecule has 0 saturated carbocycles. The highest BCUT2D eigenvalue weighted by molar-refractivity contribution is 6.03. The number of halogens is 2. The van der Waals surface area contributed by atoms with Crippen LogP contribution in [-0.2, 0) is 6.61 Å². The van der Waals surface area contributed by atoms with E-state index in [1.54, 1.807) is 31.2 Å². The van der Waals surface area contributed by atoms with E-state index in [1.807, 2.05) is 6.07 Å². The van der Waals surface area contributed by atoms with Crippen molar-refractivity contribution in [2.24, 2.45) is 0 Å². The Hall–Kier alpha value is -3.22. The molecule has 3 aromatic rings. The molecule has 0 aliphatic heterocycles. The molecular formula is C18H14F2N2O3. The van der Waals surface area contributed by atoms with Crippen LogP contribution in [0.3, 0.4) is 0 Å². The summed E-state index contributed by atoms with van der Waals surface area (Å²) in [6.07, 6.45) is 0. The third-order valence-corrected chi connectivity index (χ3v) is 3.50. The number of aryl methyl sites for hydroxylation is 1. The fourth-order valence-electron chi connectivity index (χ4n) is 2.19. The molecule has 1 amide bonds. The molecule has 0 spiro atoms. The third kappa shape index (κ3) is 3.82. The number of nitrogens with one attached hydrogen (secondary N) is 1. The summed E-state index contributed by atoms with van der Waals surface area (Å²) in [4.78, 5) is 12.4. The van der Waals surface area contributed by atoms with E-state index < -0.39 is 17.5 Å². The predicted octanol–water partition coefficient (Wildman–Crippen LogP) is 4.09. The molecule has 2 aromatic carbocycles. The number of nitrogens with zero attached hydrogens (tertiary/aromatic N) is 1. The number of para-hydroxylation sites is 1. The molecule has 0 atom stereocenters. The number of hydrogen-bond donors (Lipinski definition) is 1. The van der Waals surface area contributed by atoms with Crippen molar-refractivity contribution in [1.82, 2.24) is 5.16 Å². The summed E-state index contributed by atoms with van der Waals surface area (Å²) in [5, 5.41) is 6.43. The SMILES string of the molecule is Cc1onc(C(=O)Nc2ccccc2)c1COc1ccc(F)cc1F. The van der Waals surface area contributed by atoms with E-state index in [1.165, 1.54) is 6.07 Å². The highest BCUT2D eigenvalue weighted by atomic mass is 19.1. The van der Waals surface area contributed by atoms with Crippen molar-refractivity contribution in [2.75, 3.05) is 5.32 Å². The molecule has 0 aliphatic rings. The Morgan fingerprint density at radius 1 is 1.20 bits per heavy atom. The first kappa shape index (κ1) is 16.6. The van der Waals surface area contributed by atoms with E-state index >= 15 is 0 Å². The Kier molecular flexibility index (Phi) is 4.74. The average molecular weight is 344 g/mol. The van der Waals surface area contributed by atoms with E-state index in [4.69, 9.17) is 9.26 Å². The predicted molar refractivity (Wildman–Crippen MR) is 86.3 cm³/mol. The van der Waals surface area contributed by atoms with Gasteiger partial charge in [-0.2, -0.15) is 0 Å². The summed E-state index contributed by atoms with van der Waals surface area (Å²) in [7, 11) is 0. The summed E-state index contributed by atoms with van der Waals surface area (Å²) in [5.74, 6) is -1.75. The van der Waals surface area contributed by atoms with Crippen molar-refractivity contribution < 1.29 is 22.8 Å². The van der Waals surface area contributed by atoms with Gasteiger partial charge in [-0.05, 0) is 31.2 Å². The van der Waals surface area contributed by atoms with Gasteiger partial charge in [-0.15, -0.1) is 0 Å². The molecule has 5 nitrogen and oxygen atoms in total. The Balaban J connectivity index is 1.76. The zero-order valence-electron chi connectivity index (χ0n) is 13.3. The number of anilines is 1. The maximum absolute atomic E-state index is 13.6. The molecule has 1 aromatic heterocycles. The number of rotatable bonds is 5. The van der Waals surface area contributed by atoms with Crippen molar-refractivity contribution in [3.8, 4) is 5.75 Å². The van der Waals surface area contributed by atoms with Crippen LogP contribution in [0.15, 0.2) is 53.1 Å². The zero-order chi connectivity index (χ0) is 17.8. The standard InChI is InChI=1S/C18H14F2N2O3/c1-11-14(10-24-16-8-7-12(19)9-15(16)20)17(22-25-11)18(23)21-13-5-3-2-4-6-13/h2-9H,10H2,1H3,(H,21,23). The van der Waals surface area contributed by atoms with Crippen LogP contribution in [0, 0.1) is 18.6 Å². The van der Waals surface area contributed by atoms with Crippen molar-refractivity contribution in [2.45, 2.75) is 13.5 Å². The van der Waals surface area contributed by atoms with Gasteiger partial charge in [0.1, 0.15) is 18.2 Å². The zero-order valence-corrected chi connectivity index (χ0v) is 13.3. The topological polar surface area (TPSA) is 64.4 Å². The van der Waals surface area contributed by atoms with Gasteiger partial charge >= 0.3 is 0 Å². The molecule has 25 heavy (non-hydrogen) atoms. The smallest absolute Gasteiger partial charge is 0.278 e. The van der Waals surface area contributed by atoms with Crippen LogP contribution in [0.2, 0.25) is 0 Å². The number of amides is 1. The molecule has 1 N–H and O–H groups in total. The number of carbonyl (C=O) groups is 1. The van der Waals surface area contributed by atoms with Gasteiger partial charge in [-0.1, -0.05) is 23.4 Å². The summed E-state index contributed by atoms with van der Waals surface area (Å²) in [6.45, 7) is 1.47. The second-order valence-electron chi connectivity index (χ2n) is 5.25. The molecule has 3 rings (SSSR count). The molecule has 0 unspecified atom stereocenters. The quantitative estimate of drug-likeness (QED) is 0.757. The summed E-state index contributed by atoms with van der Waals surface area (Å²) >= 11 is 0. The van der Waals surface area contributed by atoms with Crippen LogP contribution < -0.4 is 10.1 Å². The second-order valence-corrected chi connectivity index (χ2v) is 5.25. The lowest BCUT2D eigenvalue weighted by molar-refractivity contribution is 0.101. The lowest BCUT2D eigenvalue weighted by Crippen LogP contribution is -2.15. The highest BCUT2D eigenvalue weighted by Gasteiger charge is 2.21. The molecule has 0 bridgehead atoms. The number of hydrogen-bond acceptors (Lipinski definition) is 4. The summed E-state index contributed by atoms with van der Waals surface area (Å²) in [5.41, 5.74) is 1.03. The fraction of sp³-hybridized carbons (Fsp3) is 0.111. The van der Waals surface area contributed by atoms with Gasteiger partial charge in [0.15, 0.2) is 17.3 Å². The van der Waals surface area contributed by atoms with Crippen LogP contribution in [0.25, 0.3) is 0 Å². The van der Waals surface area contributed by atoms with Crippen LogP contribution in [-0.4, -0.2) is 11.1 Å². The first-order valence-electron chi connectivity index (χ1n) is 7.44. The normalized spacial score (nSPS) is 10.5. The van der Waals surface area contributed by atoms with Gasteiger partial charge in [0, 0.05) is 11.8 Å². The van der Waals surface area contributed by atoms with E-state index in [2.05, 4.69) is 10.5 Å². The minimum atomic E-state index is -0.829. The lowest BCUT2D eigenvalue weighted by atomic mass is 10.2. The lowest BCUT2D eigenvalue weighted by Gasteiger charge is -2.08. The minimum absolute atomic E-state index is 0.0453. The molecule has 0 saturated heterocycles. The maximum Gasteiger partial charge on any atom is 0.278 e. The van der Waals surface area contributed by atoms with Crippen LogP contribution in [0.5, 0.6) is 5.75 Å².